The van der Waals surface area contributed by atoms with Crippen molar-refractivity contribution in [3.05, 3.63) is 42.3 Å². The molecule has 0 saturated heterocycles. The van der Waals surface area contributed by atoms with E-state index >= 15 is 0 Å². The number of aromatic nitrogens is 2. The number of rotatable bonds is 5. The van der Waals surface area contributed by atoms with Crippen molar-refractivity contribution in [2.24, 2.45) is 16.6 Å². The van der Waals surface area contributed by atoms with Gasteiger partial charge in [0.05, 0.1) is 0 Å². The van der Waals surface area contributed by atoms with E-state index in [9.17, 15) is 0 Å². The Bertz CT molecular complexity index is 624. The highest BCUT2D eigenvalue weighted by Crippen LogP contribution is 2.10. The maximum absolute atomic E-state index is 6.17. The number of aliphatic imine (C=N–C) groups is 1. The van der Waals surface area contributed by atoms with Crippen LogP contribution in [0.15, 0.2) is 41.4 Å². The van der Waals surface area contributed by atoms with Crippen LogP contribution in [-0.4, -0.2) is 45.1 Å². The van der Waals surface area contributed by atoms with Gasteiger partial charge in [0.1, 0.15) is 11.7 Å². The summed E-state index contributed by atoms with van der Waals surface area (Å²) in [6.07, 6.45) is 12.9. The van der Waals surface area contributed by atoms with Crippen LogP contribution in [0, 0.1) is 0 Å². The first-order valence-corrected chi connectivity index (χ1v) is 7.09. The zero-order valence-electron chi connectivity index (χ0n) is 13.2. The molecule has 7 nitrogen and oxygen atoms in total. The SMILES string of the molecule is C/C=C\c1nccn1/C=C(\C)CN(N)C1C(N)=NC=CN1C. The topological polar surface area (TPSA) is 88.7 Å². The lowest BCUT2D eigenvalue weighted by atomic mass is 10.2. The van der Waals surface area contributed by atoms with Crippen LogP contribution in [0.2, 0.25) is 0 Å². The number of allylic oxidation sites excluding steroid dienone is 1. The third kappa shape index (κ3) is 3.63. The molecule has 0 saturated carbocycles. The second-order valence-corrected chi connectivity index (χ2v) is 5.23. The Morgan fingerprint density at radius 2 is 2.27 bits per heavy atom. The minimum Gasteiger partial charge on any atom is -0.384 e. The molecule has 7 heteroatoms. The van der Waals surface area contributed by atoms with Gasteiger partial charge in [-0.05, 0) is 25.5 Å². The molecule has 2 rings (SSSR count). The Balaban J connectivity index is 2.09. The van der Waals surface area contributed by atoms with E-state index in [-0.39, 0.29) is 6.17 Å². The standard InChI is InChI=1S/C15H23N7/c1-4-5-13-18-7-9-21(13)10-12(2)11-22(17)15-14(16)19-6-8-20(15)3/h4-10,15H,11,17H2,1-3H3,(H2,16,19)/b5-4-,12-10+. The minimum atomic E-state index is -0.244. The van der Waals surface area contributed by atoms with Crippen molar-refractivity contribution < 1.29 is 0 Å². The molecule has 1 unspecified atom stereocenters. The number of nitrogens with zero attached hydrogens (tertiary/aromatic N) is 5. The Morgan fingerprint density at radius 1 is 1.50 bits per heavy atom. The molecule has 0 aromatic carbocycles. The molecule has 1 atom stereocenters. The first kappa shape index (κ1) is 16.0. The molecule has 0 radical (unpaired) electrons. The third-order valence-electron chi connectivity index (χ3n) is 3.30. The summed E-state index contributed by atoms with van der Waals surface area (Å²) in [6, 6.07) is 0. The Morgan fingerprint density at radius 3 is 2.95 bits per heavy atom. The Hall–Kier alpha value is -2.38. The molecule has 1 aromatic heterocycles. The number of likely N-dealkylation sites (N-methyl/N-ethyl adjacent to an activating group) is 1. The van der Waals surface area contributed by atoms with Crippen LogP contribution in [-0.2, 0) is 0 Å². The van der Waals surface area contributed by atoms with E-state index < -0.39 is 0 Å². The molecular formula is C15H23N7. The number of hydrazine groups is 1. The minimum absolute atomic E-state index is 0.244. The molecular weight excluding hydrogens is 278 g/mol. The van der Waals surface area contributed by atoms with Gasteiger partial charge >= 0.3 is 0 Å². The monoisotopic (exact) mass is 301 g/mol. The number of hydrogen-bond acceptors (Lipinski definition) is 6. The van der Waals surface area contributed by atoms with Crippen LogP contribution in [0.3, 0.4) is 0 Å². The summed E-state index contributed by atoms with van der Waals surface area (Å²) in [5, 5.41) is 1.67. The second kappa shape index (κ2) is 7.06. The summed E-state index contributed by atoms with van der Waals surface area (Å²) in [7, 11) is 1.92. The molecule has 0 aliphatic carbocycles. The third-order valence-corrected chi connectivity index (χ3v) is 3.30. The van der Waals surface area contributed by atoms with Crippen LogP contribution < -0.4 is 11.6 Å². The smallest absolute Gasteiger partial charge is 0.153 e. The van der Waals surface area contributed by atoms with Crippen LogP contribution in [0.25, 0.3) is 12.3 Å². The van der Waals surface area contributed by atoms with Gasteiger partial charge in [0.15, 0.2) is 6.17 Å². The molecule has 118 valence electrons. The van der Waals surface area contributed by atoms with Crippen molar-refractivity contribution in [2.75, 3.05) is 13.6 Å². The summed E-state index contributed by atoms with van der Waals surface area (Å²) in [6.45, 7) is 4.55. The maximum Gasteiger partial charge on any atom is 0.153 e. The normalized spacial score (nSPS) is 19.3. The van der Waals surface area contributed by atoms with Crippen molar-refractivity contribution in [1.29, 1.82) is 0 Å². The summed E-state index contributed by atoms with van der Waals surface area (Å²) in [5.41, 5.74) is 7.02. The van der Waals surface area contributed by atoms with Gasteiger partial charge in [-0.3, -0.25) is 5.84 Å². The van der Waals surface area contributed by atoms with E-state index in [1.165, 1.54) is 0 Å². The molecule has 22 heavy (non-hydrogen) atoms. The van der Waals surface area contributed by atoms with E-state index in [0.29, 0.717) is 12.4 Å². The van der Waals surface area contributed by atoms with E-state index in [1.54, 1.807) is 17.4 Å². The highest BCUT2D eigenvalue weighted by Gasteiger charge is 2.24. The number of imidazole rings is 1. The van der Waals surface area contributed by atoms with Gasteiger partial charge in [-0.2, -0.15) is 0 Å². The molecule has 4 N–H and O–H groups in total. The van der Waals surface area contributed by atoms with Gasteiger partial charge < -0.3 is 15.2 Å². The first-order chi connectivity index (χ1) is 10.5. The fourth-order valence-corrected chi connectivity index (χ4v) is 2.35. The van der Waals surface area contributed by atoms with Gasteiger partial charge in [0, 0.05) is 44.6 Å². The van der Waals surface area contributed by atoms with Crippen LogP contribution in [0.1, 0.15) is 19.7 Å². The fraction of sp³-hybridized carbons (Fsp3) is 0.333. The van der Waals surface area contributed by atoms with Gasteiger partial charge in [-0.15, -0.1) is 0 Å². The average Bonchev–Trinajstić information content (AvgIpc) is 2.86. The molecule has 0 bridgehead atoms. The lowest BCUT2D eigenvalue weighted by Gasteiger charge is -2.35. The maximum atomic E-state index is 6.17. The van der Waals surface area contributed by atoms with Crippen LogP contribution in [0.5, 0.6) is 0 Å². The summed E-state index contributed by atoms with van der Waals surface area (Å²) >= 11 is 0. The summed E-state index contributed by atoms with van der Waals surface area (Å²) < 4.78 is 1.96. The molecule has 1 aliphatic rings. The molecule has 0 spiro atoms. The molecule has 0 amide bonds. The van der Waals surface area contributed by atoms with Gasteiger partial charge in [-0.1, -0.05) is 6.08 Å². The van der Waals surface area contributed by atoms with Crippen molar-refractivity contribution >= 4 is 18.1 Å². The van der Waals surface area contributed by atoms with Gasteiger partial charge in [0.2, 0.25) is 0 Å². The second-order valence-electron chi connectivity index (χ2n) is 5.23. The van der Waals surface area contributed by atoms with Crippen molar-refractivity contribution in [2.45, 2.75) is 20.0 Å². The first-order valence-electron chi connectivity index (χ1n) is 7.09. The van der Waals surface area contributed by atoms with Crippen LogP contribution in [0.4, 0.5) is 0 Å². The zero-order chi connectivity index (χ0) is 16.1. The lowest BCUT2D eigenvalue weighted by Crippen LogP contribution is -2.57. The summed E-state index contributed by atoms with van der Waals surface area (Å²) in [5.74, 6) is 7.54. The molecule has 1 aromatic rings. The van der Waals surface area contributed by atoms with E-state index in [0.717, 1.165) is 11.4 Å². The van der Waals surface area contributed by atoms with Gasteiger partial charge in [0.25, 0.3) is 0 Å². The highest BCUT2D eigenvalue weighted by molar-refractivity contribution is 5.86. The number of hydrogen-bond donors (Lipinski definition) is 2. The predicted octanol–water partition coefficient (Wildman–Crippen LogP) is 1.05. The quantitative estimate of drug-likeness (QED) is 0.627. The van der Waals surface area contributed by atoms with Gasteiger partial charge in [-0.25, -0.2) is 15.0 Å². The Kier molecular flexibility index (Phi) is 5.13. The summed E-state index contributed by atoms with van der Waals surface area (Å²) in [4.78, 5) is 10.3. The fourth-order valence-electron chi connectivity index (χ4n) is 2.35. The van der Waals surface area contributed by atoms with E-state index in [1.807, 2.05) is 61.1 Å². The zero-order valence-corrected chi connectivity index (χ0v) is 13.2. The van der Waals surface area contributed by atoms with Crippen LogP contribution >= 0.6 is 0 Å². The molecule has 0 fully saturated rings. The van der Waals surface area contributed by atoms with Crippen molar-refractivity contribution in [3.8, 4) is 0 Å². The predicted molar refractivity (Wildman–Crippen MR) is 90.1 cm³/mol. The van der Waals surface area contributed by atoms with E-state index in [4.69, 9.17) is 11.6 Å². The van der Waals surface area contributed by atoms with Crippen molar-refractivity contribution in [3.63, 3.8) is 0 Å². The van der Waals surface area contributed by atoms with Crippen molar-refractivity contribution in [1.82, 2.24) is 19.5 Å². The highest BCUT2D eigenvalue weighted by atomic mass is 15.5. The average molecular weight is 301 g/mol. The Labute approximate surface area is 130 Å². The molecule has 1 aliphatic heterocycles. The lowest BCUT2D eigenvalue weighted by molar-refractivity contribution is 0.155. The number of amidine groups is 1. The molecule has 2 heterocycles. The van der Waals surface area contributed by atoms with E-state index in [2.05, 4.69) is 9.98 Å². The number of nitrogens with two attached hydrogens (primary N) is 2. The largest absolute Gasteiger partial charge is 0.384 e.